The molecule has 3 N–H and O–H groups in total. The van der Waals surface area contributed by atoms with Gasteiger partial charge in [0.15, 0.2) is 17.8 Å². The average Bonchev–Trinajstić information content (AvgIpc) is 2.86. The first-order valence-electron chi connectivity index (χ1n) is 10.3. The van der Waals surface area contributed by atoms with Crippen LogP contribution in [-0.2, 0) is 22.7 Å². The standard InChI is InChI=1S/C24H20N4O6/c29-23(25-17-9-3-1-4-10-17)33-15-21-22(16-34-24(30)26-18-11-5-2-6-12-18)28(32)20-14-8-7-13-19(20)27(21)31/h1-14,31H,15-16H2,(H-,25,26,29,30)/p+1. The topological polar surface area (TPSA) is 125 Å². The van der Waals surface area contributed by atoms with Gasteiger partial charge in [0.05, 0.1) is 4.43 Å². The van der Waals surface area contributed by atoms with E-state index < -0.39 is 25.4 Å². The van der Waals surface area contributed by atoms with Crippen molar-refractivity contribution in [2.45, 2.75) is 13.2 Å². The van der Waals surface area contributed by atoms with E-state index in [4.69, 9.17) is 9.47 Å². The van der Waals surface area contributed by atoms with Crippen molar-refractivity contribution < 1.29 is 28.7 Å². The minimum atomic E-state index is -0.794. The maximum Gasteiger partial charge on any atom is 0.412 e. The molecule has 0 radical (unpaired) electrons. The molecule has 1 aromatic heterocycles. The fourth-order valence-corrected chi connectivity index (χ4v) is 3.25. The zero-order valence-electron chi connectivity index (χ0n) is 17.9. The van der Waals surface area contributed by atoms with Crippen LogP contribution < -0.4 is 15.1 Å². The van der Waals surface area contributed by atoms with Crippen molar-refractivity contribution in [1.29, 1.82) is 0 Å². The van der Waals surface area contributed by atoms with E-state index in [1.54, 1.807) is 72.8 Å². The van der Waals surface area contributed by atoms with Gasteiger partial charge in [-0.05, 0) is 30.3 Å². The number of nitrogens with zero attached hydrogens (tertiary/aromatic N) is 2. The number of hydrogen-bond donors (Lipinski definition) is 3. The highest BCUT2D eigenvalue weighted by Crippen LogP contribution is 2.16. The smallest absolute Gasteiger partial charge is 0.412 e. The third-order valence-corrected chi connectivity index (χ3v) is 4.88. The van der Waals surface area contributed by atoms with Crippen molar-refractivity contribution in [2.75, 3.05) is 10.6 Å². The van der Waals surface area contributed by atoms with Gasteiger partial charge in [-0.3, -0.25) is 10.6 Å². The lowest BCUT2D eigenvalue weighted by Crippen LogP contribution is -2.31. The Morgan fingerprint density at radius 3 is 1.85 bits per heavy atom. The lowest BCUT2D eigenvalue weighted by atomic mass is 10.2. The zero-order chi connectivity index (χ0) is 23.9. The van der Waals surface area contributed by atoms with E-state index >= 15 is 0 Å². The number of hydrogen-bond acceptors (Lipinski definition) is 6. The molecule has 0 unspecified atom stereocenters. The molecule has 2 amide bonds. The molecule has 0 saturated heterocycles. The normalized spacial score (nSPS) is 10.5. The number of anilines is 2. The number of carbonyl (C=O) groups excluding carboxylic acids is 2. The summed E-state index contributed by atoms with van der Waals surface area (Å²) in [6.07, 6.45) is -1.58. The molecule has 1 heterocycles. The van der Waals surface area contributed by atoms with Crippen LogP contribution in [0.2, 0.25) is 0 Å². The summed E-state index contributed by atoms with van der Waals surface area (Å²) in [5.74, 6) is 0. The maximum absolute atomic E-state index is 13.0. The Balaban J connectivity index is 1.56. The number of fused-ring (bicyclic) bond motifs is 1. The van der Waals surface area contributed by atoms with Gasteiger partial charge >= 0.3 is 17.9 Å². The molecule has 3 aromatic carbocycles. The molecule has 4 rings (SSSR count). The highest BCUT2D eigenvalue weighted by molar-refractivity contribution is 5.85. The number of benzene rings is 3. The van der Waals surface area contributed by atoms with E-state index in [9.17, 15) is 19.7 Å². The summed E-state index contributed by atoms with van der Waals surface area (Å²) in [6, 6.07) is 23.6. The Morgan fingerprint density at radius 2 is 1.26 bits per heavy atom. The third kappa shape index (κ3) is 5.13. The summed E-state index contributed by atoms with van der Waals surface area (Å²) in [6.45, 7) is -0.937. The second-order valence-corrected chi connectivity index (χ2v) is 7.12. The molecule has 0 saturated carbocycles. The summed E-state index contributed by atoms with van der Waals surface area (Å²) in [7, 11) is 0. The lowest BCUT2D eigenvalue weighted by Gasteiger charge is -2.12. The molecule has 0 bridgehead atoms. The van der Waals surface area contributed by atoms with E-state index in [1.807, 2.05) is 0 Å². The van der Waals surface area contributed by atoms with Gasteiger partial charge in [-0.1, -0.05) is 48.5 Å². The minimum absolute atomic E-state index is 0.0515. The summed E-state index contributed by atoms with van der Waals surface area (Å²) in [5, 5.41) is 15.8. The van der Waals surface area contributed by atoms with Crippen molar-refractivity contribution in [2.24, 2.45) is 0 Å². The zero-order valence-corrected chi connectivity index (χ0v) is 17.9. The quantitative estimate of drug-likeness (QED) is 0.291. The Hall–Kier alpha value is -4.86. The highest BCUT2D eigenvalue weighted by Gasteiger charge is 2.27. The van der Waals surface area contributed by atoms with E-state index in [1.165, 1.54) is 12.1 Å². The van der Waals surface area contributed by atoms with Gasteiger partial charge in [-0.2, -0.15) is 4.73 Å². The molecule has 0 aliphatic carbocycles. The van der Waals surface area contributed by atoms with Crippen LogP contribution in [0.5, 0.6) is 0 Å². The van der Waals surface area contributed by atoms with Crippen LogP contribution in [0.1, 0.15) is 11.4 Å². The summed E-state index contributed by atoms with van der Waals surface area (Å²) >= 11 is 0. The summed E-state index contributed by atoms with van der Waals surface area (Å²) in [5.41, 5.74) is 1.21. The monoisotopic (exact) mass is 461 g/mol. The first-order chi connectivity index (χ1) is 16.5. The van der Waals surface area contributed by atoms with Gasteiger partial charge in [0, 0.05) is 22.3 Å². The van der Waals surface area contributed by atoms with Gasteiger partial charge in [0.2, 0.25) is 0 Å². The Labute approximate surface area is 193 Å². The summed E-state index contributed by atoms with van der Waals surface area (Å²) < 4.78 is 11.7. The number of amides is 2. The predicted octanol–water partition coefficient (Wildman–Crippen LogP) is 4.29. The number of carbonyl (C=O) groups is 2. The third-order valence-electron chi connectivity index (χ3n) is 4.88. The minimum Gasteiger partial charge on any atom is -0.442 e. The molecule has 0 aliphatic heterocycles. The molecule has 10 nitrogen and oxygen atoms in total. The Bertz CT molecular complexity index is 1370. The maximum atomic E-state index is 13.0. The lowest BCUT2D eigenvalue weighted by molar-refractivity contribution is -0.480. The predicted molar refractivity (Wildman–Crippen MR) is 123 cm³/mol. The number of rotatable bonds is 6. The molecule has 34 heavy (non-hydrogen) atoms. The largest absolute Gasteiger partial charge is 0.442 e. The first-order valence-corrected chi connectivity index (χ1v) is 10.3. The van der Waals surface area contributed by atoms with Gasteiger partial charge < -0.3 is 14.7 Å². The van der Waals surface area contributed by atoms with Crippen LogP contribution >= 0.6 is 0 Å². The second kappa shape index (κ2) is 10.2. The fourth-order valence-electron chi connectivity index (χ4n) is 3.25. The average molecular weight is 461 g/mol. The molecular weight excluding hydrogens is 440 g/mol. The van der Waals surface area contributed by atoms with Crippen molar-refractivity contribution in [1.82, 2.24) is 4.73 Å². The molecule has 0 fully saturated rings. The number of nitrogens with one attached hydrogen (secondary N) is 2. The first kappa shape index (κ1) is 22.3. The Kier molecular flexibility index (Phi) is 6.68. The van der Waals surface area contributed by atoms with Crippen molar-refractivity contribution in [3.05, 3.63) is 101 Å². The molecule has 10 heteroatoms. The van der Waals surface area contributed by atoms with E-state index in [0.717, 1.165) is 4.73 Å². The van der Waals surface area contributed by atoms with Crippen molar-refractivity contribution in [3.63, 3.8) is 0 Å². The molecule has 4 aromatic rings. The number of ether oxygens (including phenoxy) is 2. The van der Waals surface area contributed by atoms with Crippen LogP contribution in [0.4, 0.5) is 21.0 Å². The summed E-state index contributed by atoms with van der Waals surface area (Å²) in [4.78, 5) is 37.5. The molecular formula is C24H21N4O6+. The molecule has 0 atom stereocenters. The van der Waals surface area contributed by atoms with Crippen LogP contribution in [0.15, 0.2) is 84.9 Å². The highest BCUT2D eigenvalue weighted by atomic mass is 16.6. The van der Waals surface area contributed by atoms with E-state index in [0.29, 0.717) is 15.8 Å². The molecule has 172 valence electrons. The number of aromatic nitrogens is 2. The number of para-hydroxylation sites is 4. The van der Waals surface area contributed by atoms with Crippen LogP contribution in [0, 0.1) is 4.91 Å². The van der Waals surface area contributed by atoms with Crippen LogP contribution in [-0.4, -0.2) is 22.1 Å². The van der Waals surface area contributed by atoms with Gasteiger partial charge in [-0.25, -0.2) is 9.59 Å². The van der Waals surface area contributed by atoms with Gasteiger partial charge in [0.25, 0.3) is 5.52 Å². The van der Waals surface area contributed by atoms with E-state index in [-0.39, 0.29) is 22.4 Å². The van der Waals surface area contributed by atoms with Crippen LogP contribution in [0.25, 0.3) is 11.0 Å². The molecule has 0 aliphatic rings. The second-order valence-electron chi connectivity index (χ2n) is 7.12. The van der Waals surface area contributed by atoms with Gasteiger partial charge in [0.1, 0.15) is 6.61 Å². The molecule has 0 spiro atoms. The van der Waals surface area contributed by atoms with E-state index in [2.05, 4.69) is 10.6 Å². The SMILES string of the molecule is O=C(Nc1ccccc1)OCc1c(COC(=O)Nc2ccccc2)[n+](=O)c2ccccc2n1O. The van der Waals surface area contributed by atoms with Crippen LogP contribution in [0.3, 0.4) is 0 Å². The fraction of sp³-hybridized carbons (Fsp3) is 0.0833. The Morgan fingerprint density at radius 1 is 0.765 bits per heavy atom. The van der Waals surface area contributed by atoms with Gasteiger partial charge in [-0.15, -0.1) is 0 Å². The van der Waals surface area contributed by atoms with Crippen molar-refractivity contribution in [3.8, 4) is 0 Å². The van der Waals surface area contributed by atoms with Crippen molar-refractivity contribution >= 4 is 34.6 Å².